The Morgan fingerprint density at radius 3 is 2.57 bits per heavy atom. The van der Waals surface area contributed by atoms with Crippen LogP contribution >= 0.6 is 0 Å². The Labute approximate surface area is 176 Å². The highest BCUT2D eigenvalue weighted by molar-refractivity contribution is 6.17. The van der Waals surface area contributed by atoms with Crippen molar-refractivity contribution in [2.75, 3.05) is 56.1 Å². The van der Waals surface area contributed by atoms with Crippen LogP contribution in [0.25, 0.3) is 0 Å². The molecule has 0 radical (unpaired) electrons. The number of piperazine rings is 1. The molecule has 30 heavy (non-hydrogen) atoms. The summed E-state index contributed by atoms with van der Waals surface area (Å²) in [6.45, 7) is 8.16. The number of carbonyl (C=O) groups is 2. The number of hydrogen-bond acceptors (Lipinski definition) is 6. The van der Waals surface area contributed by atoms with Gasteiger partial charge in [-0.15, -0.1) is 0 Å². The summed E-state index contributed by atoms with van der Waals surface area (Å²) in [5.41, 5.74) is 3.72. The smallest absolute Gasteiger partial charge is 0.259 e. The number of amides is 2. The van der Waals surface area contributed by atoms with Crippen molar-refractivity contribution in [3.8, 4) is 0 Å². The minimum atomic E-state index is -0.268. The number of nitrogens with one attached hydrogen (secondary N) is 1. The van der Waals surface area contributed by atoms with Crippen LogP contribution in [-0.4, -0.2) is 77.6 Å². The van der Waals surface area contributed by atoms with Crippen LogP contribution in [0.5, 0.6) is 0 Å². The van der Waals surface area contributed by atoms with E-state index >= 15 is 0 Å². The molecule has 2 N–H and O–H groups in total. The zero-order valence-corrected chi connectivity index (χ0v) is 17.4. The fourth-order valence-electron chi connectivity index (χ4n) is 3.97. The van der Waals surface area contributed by atoms with Crippen LogP contribution < -0.4 is 10.2 Å². The summed E-state index contributed by atoms with van der Waals surface area (Å²) in [4.78, 5) is 36.6. The van der Waals surface area contributed by atoms with Gasteiger partial charge in [-0.3, -0.25) is 24.3 Å². The van der Waals surface area contributed by atoms with E-state index in [1.165, 1.54) is 0 Å². The second-order valence-corrected chi connectivity index (χ2v) is 7.85. The molecule has 0 aliphatic carbocycles. The van der Waals surface area contributed by atoms with Gasteiger partial charge in [0, 0.05) is 38.9 Å². The summed E-state index contributed by atoms with van der Waals surface area (Å²) in [5, 5.41) is 12.1. The molecule has 0 unspecified atom stereocenters. The molecular weight excluding hydrogens is 382 g/mol. The van der Waals surface area contributed by atoms with Crippen LogP contribution in [0.3, 0.4) is 0 Å². The Bertz CT molecular complexity index is 969. The van der Waals surface area contributed by atoms with Crippen molar-refractivity contribution in [3.05, 3.63) is 47.2 Å². The molecule has 8 heteroatoms. The SMILES string of the molecule is Cc1cc2c(cc1C)N(C(=O)CN1CCN(CCO)CC1)c1ncccc1C(=O)N2. The second-order valence-electron chi connectivity index (χ2n) is 7.85. The first kappa shape index (κ1) is 20.5. The van der Waals surface area contributed by atoms with E-state index in [0.717, 1.165) is 37.3 Å². The number of rotatable bonds is 4. The molecule has 1 saturated heterocycles. The number of aryl methyl sites for hydroxylation is 2. The molecule has 3 heterocycles. The molecule has 2 amide bonds. The number of β-amino-alcohol motifs (C(OH)–C–C–N with tert-alkyl or cyclic N) is 1. The lowest BCUT2D eigenvalue weighted by atomic mass is 10.1. The standard InChI is InChI=1S/C22H27N5O3/c1-15-12-18-19(13-16(15)2)27(21-17(22(30)24-18)4-3-5-23-21)20(29)14-26-8-6-25(7-9-26)10-11-28/h3-5,12-13,28H,6-11,14H2,1-2H3,(H,24,30). The van der Waals surface area contributed by atoms with Gasteiger partial charge in [0.05, 0.1) is 30.1 Å². The highest BCUT2D eigenvalue weighted by atomic mass is 16.3. The number of nitrogens with zero attached hydrogens (tertiary/aromatic N) is 4. The molecule has 4 rings (SSSR count). The van der Waals surface area contributed by atoms with Gasteiger partial charge in [-0.05, 0) is 49.2 Å². The minimum absolute atomic E-state index is 0.119. The fraction of sp³-hybridized carbons (Fsp3) is 0.409. The van der Waals surface area contributed by atoms with E-state index in [2.05, 4.69) is 20.1 Å². The molecule has 1 fully saturated rings. The Morgan fingerprint density at radius 1 is 1.13 bits per heavy atom. The zero-order valence-electron chi connectivity index (χ0n) is 17.4. The highest BCUT2D eigenvalue weighted by Crippen LogP contribution is 2.38. The number of hydrogen-bond donors (Lipinski definition) is 2. The number of aliphatic hydroxyl groups excluding tert-OH is 1. The maximum atomic E-state index is 13.5. The first-order valence-electron chi connectivity index (χ1n) is 10.2. The Balaban J connectivity index is 1.66. The molecule has 1 aromatic carbocycles. The lowest BCUT2D eigenvalue weighted by Gasteiger charge is -2.35. The third kappa shape index (κ3) is 3.94. The zero-order chi connectivity index (χ0) is 21.3. The summed E-state index contributed by atoms with van der Waals surface area (Å²) < 4.78 is 0. The summed E-state index contributed by atoms with van der Waals surface area (Å²) in [6, 6.07) is 7.24. The van der Waals surface area contributed by atoms with E-state index in [1.54, 1.807) is 23.2 Å². The van der Waals surface area contributed by atoms with Gasteiger partial charge in [0.25, 0.3) is 5.91 Å². The molecule has 2 aromatic rings. The van der Waals surface area contributed by atoms with Gasteiger partial charge in [0.1, 0.15) is 0 Å². The second kappa shape index (κ2) is 8.51. The van der Waals surface area contributed by atoms with Gasteiger partial charge >= 0.3 is 0 Å². The van der Waals surface area contributed by atoms with Crippen molar-refractivity contribution in [2.24, 2.45) is 0 Å². The third-order valence-electron chi connectivity index (χ3n) is 5.83. The van der Waals surface area contributed by atoms with Gasteiger partial charge in [-0.25, -0.2) is 4.98 Å². The highest BCUT2D eigenvalue weighted by Gasteiger charge is 2.32. The molecule has 0 spiro atoms. The quantitative estimate of drug-likeness (QED) is 0.796. The molecule has 8 nitrogen and oxygen atoms in total. The van der Waals surface area contributed by atoms with Crippen LogP contribution in [-0.2, 0) is 4.79 Å². The monoisotopic (exact) mass is 409 g/mol. The van der Waals surface area contributed by atoms with E-state index in [9.17, 15) is 9.59 Å². The van der Waals surface area contributed by atoms with Crippen molar-refractivity contribution in [1.29, 1.82) is 0 Å². The van der Waals surface area contributed by atoms with E-state index in [0.29, 0.717) is 29.3 Å². The number of aromatic nitrogens is 1. The molecule has 1 aromatic heterocycles. The molecule has 0 atom stereocenters. The van der Waals surface area contributed by atoms with Gasteiger partial charge in [0.2, 0.25) is 5.91 Å². The number of pyridine rings is 1. The first-order valence-corrected chi connectivity index (χ1v) is 10.2. The normalized spacial score (nSPS) is 17.2. The molecule has 0 saturated carbocycles. The molecule has 2 aliphatic heterocycles. The van der Waals surface area contributed by atoms with E-state index in [1.807, 2.05) is 26.0 Å². The average Bonchev–Trinajstić information content (AvgIpc) is 2.84. The van der Waals surface area contributed by atoms with Crippen molar-refractivity contribution < 1.29 is 14.7 Å². The van der Waals surface area contributed by atoms with Gasteiger partial charge in [-0.1, -0.05) is 0 Å². The molecule has 0 bridgehead atoms. The third-order valence-corrected chi connectivity index (χ3v) is 5.83. The van der Waals surface area contributed by atoms with Crippen molar-refractivity contribution >= 4 is 29.0 Å². The Morgan fingerprint density at radius 2 is 1.83 bits per heavy atom. The minimum Gasteiger partial charge on any atom is -0.395 e. The summed E-state index contributed by atoms with van der Waals surface area (Å²) >= 11 is 0. The Hall–Kier alpha value is -2.81. The maximum Gasteiger partial charge on any atom is 0.259 e. The van der Waals surface area contributed by atoms with E-state index < -0.39 is 0 Å². The Kier molecular flexibility index (Phi) is 5.80. The summed E-state index contributed by atoms with van der Waals surface area (Å²) in [5.74, 6) is -0.0250. The van der Waals surface area contributed by atoms with Crippen LogP contribution in [0.4, 0.5) is 17.2 Å². The molecule has 2 aliphatic rings. The lowest BCUT2D eigenvalue weighted by molar-refractivity contribution is -0.119. The molecule has 158 valence electrons. The van der Waals surface area contributed by atoms with Crippen molar-refractivity contribution in [3.63, 3.8) is 0 Å². The first-order chi connectivity index (χ1) is 14.5. The van der Waals surface area contributed by atoms with Crippen LogP contribution in [0.15, 0.2) is 30.5 Å². The lowest BCUT2D eigenvalue weighted by Crippen LogP contribution is -2.50. The van der Waals surface area contributed by atoms with Crippen molar-refractivity contribution in [2.45, 2.75) is 13.8 Å². The van der Waals surface area contributed by atoms with Gasteiger partial charge in [0.15, 0.2) is 5.82 Å². The number of aliphatic hydroxyl groups is 1. The number of fused-ring (bicyclic) bond motifs is 2. The van der Waals surface area contributed by atoms with Crippen molar-refractivity contribution in [1.82, 2.24) is 14.8 Å². The molecular formula is C22H27N5O3. The maximum absolute atomic E-state index is 13.5. The van der Waals surface area contributed by atoms with E-state index in [-0.39, 0.29) is 25.0 Å². The number of anilines is 3. The van der Waals surface area contributed by atoms with Crippen LogP contribution in [0, 0.1) is 13.8 Å². The fourth-order valence-corrected chi connectivity index (χ4v) is 3.97. The van der Waals surface area contributed by atoms with Gasteiger partial charge in [-0.2, -0.15) is 0 Å². The summed E-state index contributed by atoms with van der Waals surface area (Å²) in [6.07, 6.45) is 1.60. The predicted octanol–water partition coefficient (Wildman–Crippen LogP) is 1.54. The largest absolute Gasteiger partial charge is 0.395 e. The van der Waals surface area contributed by atoms with E-state index in [4.69, 9.17) is 5.11 Å². The number of carbonyl (C=O) groups excluding carboxylic acids is 2. The van der Waals surface area contributed by atoms with Gasteiger partial charge < -0.3 is 10.4 Å². The number of benzene rings is 1. The summed E-state index contributed by atoms with van der Waals surface area (Å²) in [7, 11) is 0. The topological polar surface area (TPSA) is 89.0 Å². The van der Waals surface area contributed by atoms with Crippen LogP contribution in [0.2, 0.25) is 0 Å². The predicted molar refractivity (Wildman–Crippen MR) is 115 cm³/mol. The average molecular weight is 409 g/mol. The van der Waals surface area contributed by atoms with Crippen LogP contribution in [0.1, 0.15) is 21.5 Å².